The maximum atomic E-state index is 13.8. The van der Waals surface area contributed by atoms with Crippen LogP contribution in [0, 0.1) is 6.92 Å². The van der Waals surface area contributed by atoms with Gasteiger partial charge in [0.2, 0.25) is 0 Å². The lowest BCUT2D eigenvalue weighted by Gasteiger charge is -2.17. The van der Waals surface area contributed by atoms with E-state index >= 15 is 0 Å². The Bertz CT molecular complexity index is 622. The summed E-state index contributed by atoms with van der Waals surface area (Å²) in [5.41, 5.74) is 0.314. The first kappa shape index (κ1) is 20.6. The van der Waals surface area contributed by atoms with E-state index in [9.17, 15) is 18.4 Å². The van der Waals surface area contributed by atoms with Gasteiger partial charge in [0.15, 0.2) is 5.16 Å². The molecule has 6 nitrogen and oxygen atoms in total. The van der Waals surface area contributed by atoms with Crippen molar-refractivity contribution in [2.24, 2.45) is 7.05 Å². The van der Waals surface area contributed by atoms with Gasteiger partial charge in [-0.2, -0.15) is 0 Å². The predicted molar refractivity (Wildman–Crippen MR) is 88.6 cm³/mol. The Morgan fingerprint density at radius 3 is 2.79 bits per heavy atom. The standard InChI is InChI=1S/C15H23F2N3O3S/c1-10-9-19-14(20(4)12(10)21)24-8-6-15(16,17)5-7-23-13(22)11(2)18-3/h9,11,18H,5-8H2,1-4H3. The SMILES string of the molecule is CNC(C)C(=O)OCCC(F)(F)CCSc1ncc(C)c(=O)n1C. The van der Waals surface area contributed by atoms with Crippen LogP contribution in [0.25, 0.3) is 0 Å². The molecule has 1 unspecified atom stereocenters. The van der Waals surface area contributed by atoms with Crippen LogP contribution in [-0.4, -0.2) is 46.9 Å². The highest BCUT2D eigenvalue weighted by molar-refractivity contribution is 7.99. The zero-order valence-electron chi connectivity index (χ0n) is 14.3. The van der Waals surface area contributed by atoms with Crippen molar-refractivity contribution >= 4 is 17.7 Å². The summed E-state index contributed by atoms with van der Waals surface area (Å²) in [5, 5.41) is 3.08. The number of thioether (sulfide) groups is 1. The molecule has 1 N–H and O–H groups in total. The molecule has 0 fully saturated rings. The molecule has 0 radical (unpaired) electrons. The summed E-state index contributed by atoms with van der Waals surface area (Å²) in [6.07, 6.45) is 0.516. The van der Waals surface area contributed by atoms with Gasteiger partial charge in [-0.15, -0.1) is 0 Å². The van der Waals surface area contributed by atoms with E-state index in [4.69, 9.17) is 4.74 Å². The normalized spacial score (nSPS) is 12.9. The Balaban J connectivity index is 2.42. The number of carbonyl (C=O) groups is 1. The lowest BCUT2D eigenvalue weighted by Crippen LogP contribution is -2.33. The highest BCUT2D eigenvalue weighted by atomic mass is 32.2. The molecule has 9 heteroatoms. The van der Waals surface area contributed by atoms with E-state index < -0.39 is 24.4 Å². The predicted octanol–water partition coefficient (Wildman–Crippen LogP) is 1.75. The van der Waals surface area contributed by atoms with Gasteiger partial charge in [0.25, 0.3) is 11.5 Å². The van der Waals surface area contributed by atoms with Crippen molar-refractivity contribution in [3.05, 3.63) is 22.1 Å². The van der Waals surface area contributed by atoms with Gasteiger partial charge in [0.1, 0.15) is 6.04 Å². The van der Waals surface area contributed by atoms with E-state index in [1.807, 2.05) is 0 Å². The number of alkyl halides is 2. The fourth-order valence-corrected chi connectivity index (χ4v) is 2.73. The average molecular weight is 363 g/mol. The molecule has 0 aliphatic rings. The molecule has 0 aromatic carbocycles. The number of nitrogens with one attached hydrogen (secondary N) is 1. The summed E-state index contributed by atoms with van der Waals surface area (Å²) >= 11 is 1.10. The van der Waals surface area contributed by atoms with Crippen LogP contribution in [0.2, 0.25) is 0 Å². The maximum absolute atomic E-state index is 13.8. The first-order valence-electron chi connectivity index (χ1n) is 7.55. The molecule has 0 aliphatic heterocycles. The fourth-order valence-electron chi connectivity index (χ4n) is 1.74. The van der Waals surface area contributed by atoms with E-state index in [2.05, 4.69) is 10.3 Å². The summed E-state index contributed by atoms with van der Waals surface area (Å²) < 4.78 is 33.7. The van der Waals surface area contributed by atoms with Gasteiger partial charge in [-0.3, -0.25) is 14.2 Å². The van der Waals surface area contributed by atoms with E-state index in [1.54, 1.807) is 27.9 Å². The summed E-state index contributed by atoms with van der Waals surface area (Å²) in [6.45, 7) is 2.91. The Hall–Kier alpha value is -1.48. The quantitative estimate of drug-likeness (QED) is 0.409. The number of nitrogens with zero attached hydrogens (tertiary/aromatic N) is 2. The van der Waals surface area contributed by atoms with Crippen molar-refractivity contribution in [3.8, 4) is 0 Å². The van der Waals surface area contributed by atoms with Crippen molar-refractivity contribution in [1.29, 1.82) is 0 Å². The molecule has 24 heavy (non-hydrogen) atoms. The molecule has 136 valence electrons. The second kappa shape index (κ2) is 9.12. The fraction of sp³-hybridized carbons (Fsp3) is 0.667. The molecule has 1 aromatic heterocycles. The minimum absolute atomic E-state index is 0.108. The number of rotatable bonds is 9. The lowest BCUT2D eigenvalue weighted by molar-refractivity contribution is -0.147. The van der Waals surface area contributed by atoms with Gasteiger partial charge in [-0.05, 0) is 20.9 Å². The van der Waals surface area contributed by atoms with Crippen LogP contribution in [0.5, 0.6) is 0 Å². The molecule has 1 aromatic rings. The van der Waals surface area contributed by atoms with Gasteiger partial charge in [-0.1, -0.05) is 11.8 Å². The number of aryl methyl sites for hydroxylation is 1. The Morgan fingerprint density at radius 2 is 2.17 bits per heavy atom. The van der Waals surface area contributed by atoms with Gasteiger partial charge in [0.05, 0.1) is 6.61 Å². The second-order valence-corrected chi connectivity index (χ2v) is 6.53. The van der Waals surface area contributed by atoms with E-state index in [0.717, 1.165) is 11.8 Å². The molecule has 1 atom stereocenters. The highest BCUT2D eigenvalue weighted by Gasteiger charge is 2.29. The smallest absolute Gasteiger partial charge is 0.322 e. The molecule has 0 amide bonds. The first-order valence-corrected chi connectivity index (χ1v) is 8.53. The van der Waals surface area contributed by atoms with Gasteiger partial charge >= 0.3 is 5.97 Å². The third kappa shape index (κ3) is 6.20. The van der Waals surface area contributed by atoms with Gasteiger partial charge in [0, 0.05) is 37.4 Å². The van der Waals surface area contributed by atoms with E-state index in [1.165, 1.54) is 10.8 Å². The van der Waals surface area contributed by atoms with Gasteiger partial charge in [-0.25, -0.2) is 13.8 Å². The Labute approximate surface area is 144 Å². The molecular weight excluding hydrogens is 340 g/mol. The molecule has 1 rings (SSSR count). The highest BCUT2D eigenvalue weighted by Crippen LogP contribution is 2.26. The molecule has 0 saturated carbocycles. The number of hydrogen-bond donors (Lipinski definition) is 1. The third-order valence-electron chi connectivity index (χ3n) is 3.50. The number of hydrogen-bond acceptors (Lipinski definition) is 6. The molecule has 0 spiro atoms. The lowest BCUT2D eigenvalue weighted by atomic mass is 10.2. The number of carbonyl (C=O) groups excluding carboxylic acids is 1. The summed E-state index contributed by atoms with van der Waals surface area (Å²) in [6, 6.07) is -0.525. The molecular formula is C15H23F2N3O3S. The molecule has 0 saturated heterocycles. The monoisotopic (exact) mass is 363 g/mol. The number of likely N-dealkylation sites (N-methyl/N-ethyl adjacent to an activating group) is 1. The molecule has 0 bridgehead atoms. The molecule has 0 aliphatic carbocycles. The average Bonchev–Trinajstić information content (AvgIpc) is 2.53. The minimum Gasteiger partial charge on any atom is -0.464 e. The van der Waals surface area contributed by atoms with Gasteiger partial charge < -0.3 is 10.1 Å². The third-order valence-corrected chi connectivity index (χ3v) is 4.54. The summed E-state index contributed by atoms with van der Waals surface area (Å²) in [4.78, 5) is 27.2. The van der Waals surface area contributed by atoms with Crippen LogP contribution in [0.1, 0.15) is 25.3 Å². The Kier molecular flexibility index (Phi) is 7.82. The van der Waals surface area contributed by atoms with Crippen LogP contribution in [0.4, 0.5) is 8.78 Å². The van der Waals surface area contributed by atoms with Crippen molar-refractivity contribution in [1.82, 2.24) is 14.9 Å². The van der Waals surface area contributed by atoms with Crippen LogP contribution < -0.4 is 10.9 Å². The van der Waals surface area contributed by atoms with Crippen LogP contribution in [0.15, 0.2) is 16.1 Å². The topological polar surface area (TPSA) is 73.2 Å². The number of aromatic nitrogens is 2. The zero-order valence-corrected chi connectivity index (χ0v) is 15.1. The van der Waals surface area contributed by atoms with Crippen LogP contribution >= 0.6 is 11.8 Å². The number of halogens is 2. The van der Waals surface area contributed by atoms with Crippen molar-refractivity contribution in [3.63, 3.8) is 0 Å². The van der Waals surface area contributed by atoms with E-state index in [0.29, 0.717) is 10.7 Å². The first-order chi connectivity index (χ1) is 11.2. The Morgan fingerprint density at radius 1 is 1.50 bits per heavy atom. The number of esters is 1. The van der Waals surface area contributed by atoms with Crippen molar-refractivity contribution in [2.45, 2.75) is 43.8 Å². The molecule has 1 heterocycles. The summed E-state index contributed by atoms with van der Waals surface area (Å²) in [7, 11) is 3.15. The zero-order chi connectivity index (χ0) is 18.3. The summed E-state index contributed by atoms with van der Waals surface area (Å²) in [5.74, 6) is -3.39. The van der Waals surface area contributed by atoms with Crippen molar-refractivity contribution < 1.29 is 18.3 Å². The second-order valence-electron chi connectivity index (χ2n) is 5.47. The number of ether oxygens (including phenoxy) is 1. The van der Waals surface area contributed by atoms with E-state index in [-0.39, 0.29) is 24.3 Å². The van der Waals surface area contributed by atoms with Crippen LogP contribution in [-0.2, 0) is 16.6 Å². The largest absolute Gasteiger partial charge is 0.464 e. The van der Waals surface area contributed by atoms with Crippen molar-refractivity contribution in [2.75, 3.05) is 19.4 Å². The minimum atomic E-state index is -2.94. The van der Waals surface area contributed by atoms with Crippen LogP contribution in [0.3, 0.4) is 0 Å². The maximum Gasteiger partial charge on any atom is 0.322 e.